The minimum Gasteiger partial charge on any atom is -0.455 e. The number of rotatable bonds is 9. The zero-order valence-electron chi connectivity index (χ0n) is 39.9. The molecule has 0 bridgehead atoms. The zero-order valence-corrected chi connectivity index (χ0v) is 39.9. The summed E-state index contributed by atoms with van der Waals surface area (Å²) in [6.07, 6.45) is 0. The first-order chi connectivity index (χ1) is 36.2. The fourth-order valence-electron chi connectivity index (χ4n) is 11.1. The van der Waals surface area contributed by atoms with Crippen LogP contribution in [-0.2, 0) is 0 Å². The van der Waals surface area contributed by atoms with Crippen molar-refractivity contribution in [3.8, 4) is 61.3 Å². The smallest absolute Gasteiger partial charge is 0.143 e. The summed E-state index contributed by atoms with van der Waals surface area (Å²) in [5.41, 5.74) is 20.3. The molecule has 0 unspecified atom stereocenters. The molecule has 3 nitrogen and oxygen atoms in total. The van der Waals surface area contributed by atoms with E-state index in [1.54, 1.807) is 0 Å². The molecule has 2 aromatic heterocycles. The van der Waals surface area contributed by atoms with Crippen LogP contribution in [0.15, 0.2) is 283 Å². The molecule has 0 saturated heterocycles. The van der Waals surface area contributed by atoms with Crippen molar-refractivity contribution in [3.63, 3.8) is 0 Å². The van der Waals surface area contributed by atoms with Gasteiger partial charge in [0, 0.05) is 49.7 Å². The lowest BCUT2D eigenvalue weighted by molar-refractivity contribution is 0.670. The SMILES string of the molecule is c1ccc(-n2c3ccccc3c3ccccc32)c(-c2ccc(-c3ccc(N(c4ccc(-c5ccc(-c6cccc7c6oc6ccccc67)cc5)cc4)c4ccc(-c5cccc6ccccc56)cc4)cc3)cc2)c1. The van der Waals surface area contributed by atoms with Crippen LogP contribution in [0.5, 0.6) is 0 Å². The minimum atomic E-state index is 0.910. The number of hydrogen-bond donors (Lipinski definition) is 0. The lowest BCUT2D eigenvalue weighted by Crippen LogP contribution is -2.09. The predicted octanol–water partition coefficient (Wildman–Crippen LogP) is 19.6. The molecule has 3 heteroatoms. The third-order valence-corrected chi connectivity index (χ3v) is 14.7. The summed E-state index contributed by atoms with van der Waals surface area (Å²) in [4.78, 5) is 2.35. The first kappa shape index (κ1) is 42.2. The maximum Gasteiger partial charge on any atom is 0.143 e. The Labute approximate surface area is 423 Å². The van der Waals surface area contributed by atoms with Crippen molar-refractivity contribution in [2.75, 3.05) is 4.90 Å². The molecule has 0 fully saturated rings. The van der Waals surface area contributed by atoms with Crippen LogP contribution in [0.4, 0.5) is 17.1 Å². The van der Waals surface area contributed by atoms with E-state index in [1.807, 2.05) is 12.1 Å². The highest BCUT2D eigenvalue weighted by atomic mass is 16.3. The number of nitrogens with zero attached hydrogens (tertiary/aromatic N) is 2. The fourth-order valence-corrected chi connectivity index (χ4v) is 11.1. The van der Waals surface area contributed by atoms with Gasteiger partial charge in [-0.1, -0.05) is 218 Å². The molecule has 0 aliphatic rings. The van der Waals surface area contributed by atoms with Crippen LogP contribution in [-0.4, -0.2) is 4.57 Å². The van der Waals surface area contributed by atoms with Gasteiger partial charge in [-0.05, 0) is 116 Å². The zero-order chi connectivity index (χ0) is 48.2. The quantitative estimate of drug-likeness (QED) is 0.144. The highest BCUT2D eigenvalue weighted by molar-refractivity contribution is 6.11. The van der Waals surface area contributed by atoms with E-state index in [0.29, 0.717) is 0 Å². The first-order valence-electron chi connectivity index (χ1n) is 25.0. The summed E-state index contributed by atoms with van der Waals surface area (Å²) in [5.74, 6) is 0. The molecule has 0 atom stereocenters. The van der Waals surface area contributed by atoms with Crippen LogP contribution in [0, 0.1) is 0 Å². The van der Waals surface area contributed by atoms with Gasteiger partial charge in [0.25, 0.3) is 0 Å². The van der Waals surface area contributed by atoms with Gasteiger partial charge >= 0.3 is 0 Å². The number of para-hydroxylation sites is 5. The molecule has 0 radical (unpaired) electrons. The molecule has 14 aromatic rings. The minimum absolute atomic E-state index is 0.910. The molecular weight excluding hydrogens is 885 g/mol. The van der Waals surface area contributed by atoms with Crippen molar-refractivity contribution in [3.05, 3.63) is 279 Å². The van der Waals surface area contributed by atoms with E-state index in [9.17, 15) is 0 Å². The van der Waals surface area contributed by atoms with Gasteiger partial charge in [-0.2, -0.15) is 0 Å². The molecule has 0 spiro atoms. The summed E-state index contributed by atoms with van der Waals surface area (Å²) in [7, 11) is 0. The largest absolute Gasteiger partial charge is 0.455 e. The van der Waals surface area contributed by atoms with Crippen LogP contribution in [0.25, 0.3) is 116 Å². The van der Waals surface area contributed by atoms with Gasteiger partial charge in [-0.3, -0.25) is 0 Å². The fraction of sp³-hybridized carbons (Fsp3) is 0. The van der Waals surface area contributed by atoms with E-state index in [-0.39, 0.29) is 0 Å². The number of fused-ring (bicyclic) bond motifs is 7. The summed E-state index contributed by atoms with van der Waals surface area (Å²) in [6, 6.07) is 101. The van der Waals surface area contributed by atoms with Crippen LogP contribution in [0.2, 0.25) is 0 Å². The Hall–Kier alpha value is -9.70. The van der Waals surface area contributed by atoms with E-state index in [1.165, 1.54) is 66.1 Å². The molecule has 2 heterocycles. The molecule has 342 valence electrons. The topological polar surface area (TPSA) is 21.3 Å². The van der Waals surface area contributed by atoms with E-state index in [4.69, 9.17) is 4.42 Å². The van der Waals surface area contributed by atoms with Crippen molar-refractivity contribution in [2.24, 2.45) is 0 Å². The normalized spacial score (nSPS) is 11.6. The lowest BCUT2D eigenvalue weighted by Gasteiger charge is -2.26. The summed E-state index contributed by atoms with van der Waals surface area (Å²) in [5, 5.41) is 7.29. The molecule has 0 aliphatic heterocycles. The van der Waals surface area contributed by atoms with E-state index in [0.717, 1.165) is 66.8 Å². The van der Waals surface area contributed by atoms with Crippen molar-refractivity contribution >= 4 is 71.6 Å². The molecule has 14 rings (SSSR count). The average molecular weight is 931 g/mol. The van der Waals surface area contributed by atoms with Gasteiger partial charge in [0.2, 0.25) is 0 Å². The Morgan fingerprint density at radius 3 is 1.26 bits per heavy atom. The van der Waals surface area contributed by atoms with Gasteiger partial charge < -0.3 is 13.9 Å². The van der Waals surface area contributed by atoms with E-state index >= 15 is 0 Å². The van der Waals surface area contributed by atoms with Gasteiger partial charge in [0.05, 0.1) is 16.7 Å². The van der Waals surface area contributed by atoms with E-state index < -0.39 is 0 Å². The van der Waals surface area contributed by atoms with Crippen LogP contribution in [0.3, 0.4) is 0 Å². The number of hydrogen-bond acceptors (Lipinski definition) is 2. The lowest BCUT2D eigenvalue weighted by atomic mass is 9.97. The highest BCUT2D eigenvalue weighted by Crippen LogP contribution is 2.41. The molecule has 0 N–H and O–H groups in total. The van der Waals surface area contributed by atoms with Crippen molar-refractivity contribution < 1.29 is 4.42 Å². The molecule has 0 aliphatic carbocycles. The predicted molar refractivity (Wildman–Crippen MR) is 307 cm³/mol. The van der Waals surface area contributed by atoms with Gasteiger partial charge in [-0.25, -0.2) is 0 Å². The number of furan rings is 1. The maximum absolute atomic E-state index is 6.38. The Kier molecular flexibility index (Phi) is 10.2. The number of benzene rings is 12. The molecule has 73 heavy (non-hydrogen) atoms. The Morgan fingerprint density at radius 1 is 0.260 bits per heavy atom. The van der Waals surface area contributed by atoms with Crippen LogP contribution < -0.4 is 4.90 Å². The second-order valence-electron chi connectivity index (χ2n) is 18.8. The summed E-state index contributed by atoms with van der Waals surface area (Å²) >= 11 is 0. The Bertz CT molecular complexity index is 4280. The van der Waals surface area contributed by atoms with Crippen molar-refractivity contribution in [1.82, 2.24) is 4.57 Å². The second kappa shape index (κ2) is 17.6. The summed E-state index contributed by atoms with van der Waals surface area (Å²) in [6.45, 7) is 0. The maximum atomic E-state index is 6.38. The third-order valence-electron chi connectivity index (χ3n) is 14.7. The monoisotopic (exact) mass is 930 g/mol. The standard InChI is InChI=1S/C70H46N2O/c1-2-15-58-51(13-1)14-11-20-59(58)52-39-45-57(46-40-52)71(56-43-37-50(38-44-56)48-29-33-54(34-30-48)61-21-12-22-65-64-19-6-10-26-69(64)73-70(61)65)55-41-35-49(36-42-55)47-27-31-53(32-28-47)60-16-3-7-23-66(60)72-67-24-8-4-17-62(67)63-18-5-9-25-68(63)72/h1-46H. The first-order valence-corrected chi connectivity index (χ1v) is 25.0. The second-order valence-corrected chi connectivity index (χ2v) is 18.8. The molecule has 12 aromatic carbocycles. The molecule has 0 saturated carbocycles. The Balaban J connectivity index is 0.785. The van der Waals surface area contributed by atoms with Gasteiger partial charge in [0.1, 0.15) is 11.2 Å². The summed E-state index contributed by atoms with van der Waals surface area (Å²) < 4.78 is 8.79. The molecular formula is C70H46N2O. The average Bonchev–Trinajstić information content (AvgIpc) is 4.02. The van der Waals surface area contributed by atoms with Gasteiger partial charge in [0.15, 0.2) is 0 Å². The third kappa shape index (κ3) is 7.37. The molecule has 0 amide bonds. The van der Waals surface area contributed by atoms with Crippen molar-refractivity contribution in [2.45, 2.75) is 0 Å². The Morgan fingerprint density at radius 2 is 0.644 bits per heavy atom. The van der Waals surface area contributed by atoms with E-state index in [2.05, 4.69) is 276 Å². The number of anilines is 3. The van der Waals surface area contributed by atoms with Crippen molar-refractivity contribution in [1.29, 1.82) is 0 Å². The van der Waals surface area contributed by atoms with Crippen LogP contribution >= 0.6 is 0 Å². The highest BCUT2D eigenvalue weighted by Gasteiger charge is 2.18. The van der Waals surface area contributed by atoms with Crippen LogP contribution in [0.1, 0.15) is 0 Å². The van der Waals surface area contributed by atoms with Gasteiger partial charge in [-0.15, -0.1) is 0 Å². The number of aromatic nitrogens is 1.